The monoisotopic (exact) mass is 555 g/mol. The van der Waals surface area contributed by atoms with Crippen LogP contribution in [0.25, 0.3) is 0 Å². The minimum atomic E-state index is -5.08. The zero-order chi connectivity index (χ0) is 29.1. The molecular formula is C26H23F6N3O4. The van der Waals surface area contributed by atoms with Crippen LogP contribution in [0.15, 0.2) is 90.2 Å². The highest BCUT2D eigenvalue weighted by molar-refractivity contribution is 5.85. The predicted octanol–water partition coefficient (Wildman–Crippen LogP) is 5.77. The van der Waals surface area contributed by atoms with Crippen LogP contribution in [0.4, 0.5) is 26.3 Å². The summed E-state index contributed by atoms with van der Waals surface area (Å²) >= 11 is 0. The lowest BCUT2D eigenvalue weighted by Crippen LogP contribution is -2.24. The van der Waals surface area contributed by atoms with Gasteiger partial charge in [0.15, 0.2) is 0 Å². The van der Waals surface area contributed by atoms with Crippen molar-refractivity contribution < 1.29 is 46.1 Å². The molecule has 7 nitrogen and oxygen atoms in total. The Balaban J connectivity index is 0.000000317. The number of amidine groups is 1. The molecule has 0 fully saturated rings. The number of halogens is 6. The number of benzene rings is 2. The average Bonchev–Trinajstić information content (AvgIpc) is 3.33. The van der Waals surface area contributed by atoms with E-state index in [1.54, 1.807) is 0 Å². The van der Waals surface area contributed by atoms with Crippen LogP contribution in [0.2, 0.25) is 0 Å². The molecule has 39 heavy (non-hydrogen) atoms. The molecule has 1 aliphatic rings. The summed E-state index contributed by atoms with van der Waals surface area (Å²) in [4.78, 5) is 27.1. The maximum absolute atomic E-state index is 10.6. The van der Waals surface area contributed by atoms with Crippen molar-refractivity contribution in [3.63, 3.8) is 0 Å². The number of aromatic nitrogens is 1. The largest absolute Gasteiger partial charge is 0.490 e. The van der Waals surface area contributed by atoms with E-state index in [0.717, 1.165) is 24.2 Å². The third-order valence-electron chi connectivity index (χ3n) is 5.10. The summed E-state index contributed by atoms with van der Waals surface area (Å²) in [7, 11) is 0. The predicted molar refractivity (Wildman–Crippen MR) is 129 cm³/mol. The first-order chi connectivity index (χ1) is 18.3. The zero-order valence-electron chi connectivity index (χ0n) is 20.0. The number of hydrogen-bond donors (Lipinski definition) is 3. The number of aliphatic carboxylic acids is 2. The second kappa shape index (κ2) is 13.9. The van der Waals surface area contributed by atoms with E-state index in [4.69, 9.17) is 24.8 Å². The number of nitrogens with zero attached hydrogens (tertiary/aromatic N) is 2. The molecule has 1 aliphatic heterocycles. The number of aryl methyl sites for hydroxylation is 1. The van der Waals surface area contributed by atoms with E-state index in [-0.39, 0.29) is 12.1 Å². The second-order valence-corrected chi connectivity index (χ2v) is 7.93. The molecule has 208 valence electrons. The van der Waals surface area contributed by atoms with Crippen molar-refractivity contribution in [3.8, 4) is 0 Å². The Labute approximate surface area is 218 Å². The number of hydrogen-bond acceptors (Lipinski definition) is 5. The van der Waals surface area contributed by atoms with Crippen LogP contribution in [-0.4, -0.2) is 45.3 Å². The smallest absolute Gasteiger partial charge is 0.475 e. The number of carboxylic acid groups (broad SMARTS) is 2. The van der Waals surface area contributed by atoms with E-state index >= 15 is 0 Å². The van der Waals surface area contributed by atoms with Crippen molar-refractivity contribution in [2.24, 2.45) is 4.99 Å². The van der Waals surface area contributed by atoms with Gasteiger partial charge in [0.05, 0.1) is 11.9 Å². The van der Waals surface area contributed by atoms with Gasteiger partial charge < -0.3 is 15.5 Å². The first-order valence-electron chi connectivity index (χ1n) is 11.2. The quantitative estimate of drug-likeness (QED) is 0.345. The minimum Gasteiger partial charge on any atom is -0.475 e. The standard InChI is InChI=1S/C22H21N3.2C2HF3O2/c1-3-8-17(9-4-1)13-14-20-24-21(18-10-5-2-6-11-18)22(25-20)19-12-7-15-23-16-19;2*3-2(4,5)1(6)7/h1-12,15-16,21-22H,13-14H2,(H,24,25);2*(H,6,7)/t21-,22+;;/m0../s1. The zero-order valence-corrected chi connectivity index (χ0v) is 20.0. The van der Waals surface area contributed by atoms with E-state index in [9.17, 15) is 26.3 Å². The van der Waals surface area contributed by atoms with Crippen LogP contribution in [0.1, 0.15) is 35.2 Å². The van der Waals surface area contributed by atoms with Gasteiger partial charge in [0.1, 0.15) is 6.04 Å². The molecule has 13 heteroatoms. The van der Waals surface area contributed by atoms with Crippen LogP contribution >= 0.6 is 0 Å². The van der Waals surface area contributed by atoms with Gasteiger partial charge in [-0.1, -0.05) is 66.7 Å². The van der Waals surface area contributed by atoms with Crippen molar-refractivity contribution >= 4 is 17.8 Å². The van der Waals surface area contributed by atoms with Gasteiger partial charge in [0.2, 0.25) is 0 Å². The van der Waals surface area contributed by atoms with Crippen molar-refractivity contribution in [3.05, 3.63) is 102 Å². The van der Waals surface area contributed by atoms with Crippen LogP contribution in [0, 0.1) is 0 Å². The highest BCUT2D eigenvalue weighted by atomic mass is 19.4. The van der Waals surface area contributed by atoms with Gasteiger partial charge in [-0.25, -0.2) is 9.59 Å². The number of aliphatic imine (C=N–C) groups is 1. The normalized spacial score (nSPS) is 16.4. The van der Waals surface area contributed by atoms with Gasteiger partial charge in [-0.15, -0.1) is 0 Å². The minimum absolute atomic E-state index is 0.0712. The van der Waals surface area contributed by atoms with Gasteiger partial charge in [-0.3, -0.25) is 9.98 Å². The summed E-state index contributed by atoms with van der Waals surface area (Å²) in [5.74, 6) is -4.44. The number of rotatable bonds is 5. The van der Waals surface area contributed by atoms with E-state index in [1.165, 1.54) is 11.1 Å². The fourth-order valence-corrected chi connectivity index (χ4v) is 3.33. The summed E-state index contributed by atoms with van der Waals surface area (Å²) in [5.41, 5.74) is 3.75. The Hall–Kier alpha value is -4.42. The lowest BCUT2D eigenvalue weighted by Gasteiger charge is -2.19. The van der Waals surface area contributed by atoms with Crippen LogP contribution in [-0.2, 0) is 16.0 Å². The molecule has 0 unspecified atom stereocenters. The lowest BCUT2D eigenvalue weighted by molar-refractivity contribution is -0.193. The molecule has 0 amide bonds. The van der Waals surface area contributed by atoms with Crippen molar-refractivity contribution in [1.29, 1.82) is 0 Å². The Bertz CT molecular complexity index is 1200. The molecule has 0 spiro atoms. The van der Waals surface area contributed by atoms with Crippen LogP contribution in [0.3, 0.4) is 0 Å². The molecule has 3 aromatic rings. The van der Waals surface area contributed by atoms with Gasteiger partial charge in [-0.2, -0.15) is 26.3 Å². The SMILES string of the molecule is O=C(O)C(F)(F)F.O=C(O)C(F)(F)F.c1ccc(CCC2=N[C@H](c3cccnc3)[C@H](c3ccccc3)N2)cc1. The summed E-state index contributed by atoms with van der Waals surface area (Å²) < 4.78 is 63.5. The Morgan fingerprint density at radius 1 is 0.744 bits per heavy atom. The maximum atomic E-state index is 10.6. The fraction of sp³-hybridized carbons (Fsp3) is 0.231. The second-order valence-electron chi connectivity index (χ2n) is 7.93. The number of pyridine rings is 1. The summed E-state index contributed by atoms with van der Waals surface area (Å²) in [6.07, 6.45) is -4.52. The molecule has 0 radical (unpaired) electrons. The van der Waals surface area contributed by atoms with E-state index < -0.39 is 24.3 Å². The van der Waals surface area contributed by atoms with E-state index in [1.807, 2.05) is 18.5 Å². The van der Waals surface area contributed by atoms with E-state index in [0.29, 0.717) is 0 Å². The van der Waals surface area contributed by atoms with Crippen molar-refractivity contribution in [2.75, 3.05) is 0 Å². The summed E-state index contributed by atoms with van der Waals surface area (Å²) in [6.45, 7) is 0. The molecule has 3 N–H and O–H groups in total. The molecule has 2 aromatic carbocycles. The van der Waals surface area contributed by atoms with Crippen LogP contribution in [0.5, 0.6) is 0 Å². The lowest BCUT2D eigenvalue weighted by atomic mass is 9.96. The Kier molecular flexibility index (Phi) is 11.0. The molecule has 0 saturated carbocycles. The fourth-order valence-electron chi connectivity index (χ4n) is 3.33. The molecular weight excluding hydrogens is 532 g/mol. The molecule has 0 saturated heterocycles. The summed E-state index contributed by atoms with van der Waals surface area (Å²) in [5, 5.41) is 17.9. The first-order valence-corrected chi connectivity index (χ1v) is 11.2. The highest BCUT2D eigenvalue weighted by Crippen LogP contribution is 2.36. The molecule has 2 heterocycles. The average molecular weight is 555 g/mol. The van der Waals surface area contributed by atoms with Crippen molar-refractivity contribution in [2.45, 2.75) is 37.3 Å². The third kappa shape index (κ3) is 10.5. The third-order valence-corrected chi connectivity index (χ3v) is 5.10. The highest BCUT2D eigenvalue weighted by Gasteiger charge is 2.39. The van der Waals surface area contributed by atoms with Gasteiger partial charge >= 0.3 is 24.3 Å². The van der Waals surface area contributed by atoms with Gasteiger partial charge in [0, 0.05) is 18.8 Å². The topological polar surface area (TPSA) is 112 Å². The first kappa shape index (κ1) is 30.8. The van der Waals surface area contributed by atoms with Crippen molar-refractivity contribution in [1.82, 2.24) is 10.3 Å². The number of alkyl halides is 6. The summed E-state index contributed by atoms with van der Waals surface area (Å²) in [6, 6.07) is 25.4. The Morgan fingerprint density at radius 2 is 1.23 bits per heavy atom. The van der Waals surface area contributed by atoms with Gasteiger partial charge in [0.25, 0.3) is 0 Å². The Morgan fingerprint density at radius 3 is 1.69 bits per heavy atom. The molecule has 0 aliphatic carbocycles. The number of carboxylic acids is 2. The van der Waals surface area contributed by atoms with E-state index in [2.05, 4.69) is 77.0 Å². The number of carbonyl (C=O) groups is 2. The molecule has 0 bridgehead atoms. The maximum Gasteiger partial charge on any atom is 0.490 e. The van der Waals surface area contributed by atoms with Crippen LogP contribution < -0.4 is 5.32 Å². The van der Waals surface area contributed by atoms with Gasteiger partial charge in [-0.05, 0) is 29.2 Å². The number of nitrogens with one attached hydrogen (secondary N) is 1. The molecule has 2 atom stereocenters. The molecule has 4 rings (SSSR count). The molecule has 1 aromatic heterocycles.